The summed E-state index contributed by atoms with van der Waals surface area (Å²) in [5, 5.41) is 2.23. The van der Waals surface area contributed by atoms with E-state index in [0.29, 0.717) is 11.3 Å². The van der Waals surface area contributed by atoms with Crippen molar-refractivity contribution in [3.63, 3.8) is 0 Å². The Hall–Kier alpha value is -3.41. The van der Waals surface area contributed by atoms with Crippen LogP contribution in [0.25, 0.3) is 5.69 Å². The zero-order valence-electron chi connectivity index (χ0n) is 20.3. The third-order valence-corrected chi connectivity index (χ3v) is 11.3. The number of pyridine rings is 1. The molecule has 0 unspecified atom stereocenters. The maximum Gasteiger partial charge on any atom is 0.261 e. The van der Waals surface area contributed by atoms with Crippen LogP contribution in [0.4, 0.5) is 5.69 Å². The molecular weight excluding hydrogens is 436 g/mol. The second-order valence-corrected chi connectivity index (χ2v) is 14.0. The van der Waals surface area contributed by atoms with Gasteiger partial charge < -0.3 is 10.2 Å². The molecule has 0 atom stereocenters. The van der Waals surface area contributed by atoms with Crippen LogP contribution in [-0.2, 0) is 11.0 Å². The van der Waals surface area contributed by atoms with E-state index in [9.17, 15) is 4.79 Å². The van der Waals surface area contributed by atoms with Crippen molar-refractivity contribution in [2.45, 2.75) is 39.3 Å². The normalized spacial score (nSPS) is 12.0. The molecule has 0 aliphatic rings. The Morgan fingerprint density at radius 2 is 1.44 bits per heavy atom. The van der Waals surface area contributed by atoms with Gasteiger partial charge in [0.15, 0.2) is 0 Å². The summed E-state index contributed by atoms with van der Waals surface area (Å²) in [6, 6.07) is 30.3. The van der Waals surface area contributed by atoms with E-state index in [-0.39, 0.29) is 17.2 Å². The second-order valence-electron chi connectivity index (χ2n) is 9.71. The van der Waals surface area contributed by atoms with Crippen LogP contribution >= 0.6 is 0 Å². The molecule has 4 rings (SSSR count). The van der Waals surface area contributed by atoms with Gasteiger partial charge >= 0.3 is 0 Å². The zero-order valence-corrected chi connectivity index (χ0v) is 21.3. The number of aryl methyl sites for hydroxylation is 1. The van der Waals surface area contributed by atoms with Crippen molar-refractivity contribution in [3.05, 3.63) is 119 Å². The number of benzene rings is 3. The van der Waals surface area contributed by atoms with Gasteiger partial charge in [0.05, 0.1) is 12.3 Å². The van der Waals surface area contributed by atoms with Gasteiger partial charge in [-0.25, -0.2) is 0 Å². The largest absolute Gasteiger partial charge is 0.403 e. The molecule has 0 saturated heterocycles. The van der Waals surface area contributed by atoms with Crippen LogP contribution in [0.1, 0.15) is 31.9 Å². The Kier molecular flexibility index (Phi) is 6.60. The molecule has 34 heavy (non-hydrogen) atoms. The molecule has 0 amide bonds. The first-order valence-corrected chi connectivity index (χ1v) is 13.5. The quantitative estimate of drug-likeness (QED) is 0.327. The lowest BCUT2D eigenvalue weighted by molar-refractivity contribution is 0.284. The Morgan fingerprint density at radius 3 is 1.97 bits per heavy atom. The van der Waals surface area contributed by atoms with Crippen molar-refractivity contribution < 1.29 is 4.43 Å². The molecule has 0 spiro atoms. The number of hydrogen-bond donors (Lipinski definition) is 1. The van der Waals surface area contributed by atoms with Crippen LogP contribution in [0.3, 0.4) is 0 Å². The molecule has 4 aromatic rings. The van der Waals surface area contributed by atoms with E-state index in [1.54, 1.807) is 10.8 Å². The molecule has 1 aromatic heterocycles. The van der Waals surface area contributed by atoms with Crippen LogP contribution in [0.2, 0.25) is 5.04 Å². The van der Waals surface area contributed by atoms with Crippen molar-refractivity contribution in [1.29, 1.82) is 0 Å². The lowest BCUT2D eigenvalue weighted by atomic mass is 10.1. The Labute approximate surface area is 202 Å². The summed E-state index contributed by atoms with van der Waals surface area (Å²) in [5.74, 6) is 0. The number of hydrogen-bond acceptors (Lipinski definition) is 3. The highest BCUT2D eigenvalue weighted by Crippen LogP contribution is 2.37. The highest BCUT2D eigenvalue weighted by Gasteiger charge is 2.50. The van der Waals surface area contributed by atoms with Gasteiger partial charge in [-0.3, -0.25) is 9.36 Å². The fourth-order valence-electron chi connectivity index (χ4n) is 4.74. The lowest BCUT2D eigenvalue weighted by Crippen LogP contribution is -2.66. The van der Waals surface area contributed by atoms with E-state index in [2.05, 4.69) is 69.3 Å². The predicted octanol–water partition coefficient (Wildman–Crippen LogP) is 4.80. The van der Waals surface area contributed by atoms with Gasteiger partial charge in [0.1, 0.15) is 0 Å². The second kappa shape index (κ2) is 9.45. The maximum absolute atomic E-state index is 13.5. The van der Waals surface area contributed by atoms with E-state index < -0.39 is 8.32 Å². The number of anilines is 1. The third-order valence-electron chi connectivity index (χ3n) is 6.37. The molecule has 0 aliphatic heterocycles. The molecule has 174 valence electrons. The SMILES string of the molecule is Cc1cc(N)ccc1-n1cccc(CO[Si](c2ccccc2)(c2ccccc2)C(C)(C)C)c1=O. The highest BCUT2D eigenvalue weighted by molar-refractivity contribution is 6.99. The average molecular weight is 469 g/mol. The van der Waals surface area contributed by atoms with E-state index >= 15 is 0 Å². The summed E-state index contributed by atoms with van der Waals surface area (Å²) in [5.41, 5.74) is 8.93. The van der Waals surface area contributed by atoms with Crippen LogP contribution < -0.4 is 21.7 Å². The average Bonchev–Trinajstić information content (AvgIpc) is 2.81. The van der Waals surface area contributed by atoms with Crippen molar-refractivity contribution >= 4 is 24.4 Å². The van der Waals surface area contributed by atoms with Crippen LogP contribution in [0.5, 0.6) is 0 Å². The minimum absolute atomic E-state index is 0.0756. The maximum atomic E-state index is 13.5. The van der Waals surface area contributed by atoms with Crippen LogP contribution in [0.15, 0.2) is 102 Å². The highest BCUT2D eigenvalue weighted by atomic mass is 28.4. The monoisotopic (exact) mass is 468 g/mol. The smallest absolute Gasteiger partial charge is 0.261 e. The minimum Gasteiger partial charge on any atom is -0.403 e. The van der Waals surface area contributed by atoms with Gasteiger partial charge in [-0.2, -0.15) is 0 Å². The first-order chi connectivity index (χ1) is 16.2. The topological polar surface area (TPSA) is 57.2 Å². The number of nitrogens with two attached hydrogens (primary N) is 1. The molecule has 1 heterocycles. The molecule has 2 N–H and O–H groups in total. The Balaban J connectivity index is 1.80. The van der Waals surface area contributed by atoms with Gasteiger partial charge in [0, 0.05) is 17.4 Å². The molecule has 0 radical (unpaired) electrons. The fourth-order valence-corrected chi connectivity index (χ4v) is 9.26. The molecule has 0 saturated carbocycles. The van der Waals surface area contributed by atoms with Crippen molar-refractivity contribution in [2.75, 3.05) is 5.73 Å². The lowest BCUT2D eigenvalue weighted by Gasteiger charge is -2.43. The third kappa shape index (κ3) is 4.37. The van der Waals surface area contributed by atoms with Gasteiger partial charge in [-0.1, -0.05) is 81.4 Å². The van der Waals surface area contributed by atoms with Gasteiger partial charge in [-0.05, 0) is 58.2 Å². The van der Waals surface area contributed by atoms with Crippen molar-refractivity contribution in [2.24, 2.45) is 0 Å². The Morgan fingerprint density at radius 1 is 0.853 bits per heavy atom. The van der Waals surface area contributed by atoms with Gasteiger partial charge in [0.2, 0.25) is 0 Å². The van der Waals surface area contributed by atoms with Crippen LogP contribution in [0, 0.1) is 6.92 Å². The van der Waals surface area contributed by atoms with Crippen LogP contribution in [-0.4, -0.2) is 12.9 Å². The summed E-state index contributed by atoms with van der Waals surface area (Å²) in [6.45, 7) is 8.91. The van der Waals surface area contributed by atoms with E-state index in [0.717, 1.165) is 11.3 Å². The van der Waals surface area contributed by atoms with E-state index in [1.807, 2.05) is 49.4 Å². The molecule has 0 aliphatic carbocycles. The molecule has 5 heteroatoms. The minimum atomic E-state index is -2.73. The van der Waals surface area contributed by atoms with Gasteiger partial charge in [-0.15, -0.1) is 0 Å². The summed E-state index contributed by atoms with van der Waals surface area (Å²) in [6.07, 6.45) is 1.80. The molecule has 0 fully saturated rings. The molecule has 3 aromatic carbocycles. The first kappa shape index (κ1) is 23.7. The first-order valence-electron chi connectivity index (χ1n) is 11.6. The van der Waals surface area contributed by atoms with Crippen molar-refractivity contribution in [3.8, 4) is 5.69 Å². The summed E-state index contributed by atoms with van der Waals surface area (Å²) < 4.78 is 8.66. The van der Waals surface area contributed by atoms with Crippen molar-refractivity contribution in [1.82, 2.24) is 4.57 Å². The zero-order chi connectivity index (χ0) is 24.3. The summed E-state index contributed by atoms with van der Waals surface area (Å²) >= 11 is 0. The number of nitrogen functional groups attached to an aromatic ring is 1. The fraction of sp³-hybridized carbons (Fsp3) is 0.207. The number of aromatic nitrogens is 1. The Bertz CT molecular complexity index is 1290. The standard InChI is InChI=1S/C29H32N2O2Si/c1-22-20-24(30)17-18-27(22)31-19-11-12-23(28(31)32)21-33-34(29(2,3)4,25-13-7-5-8-14-25)26-15-9-6-10-16-26/h5-20H,21,30H2,1-4H3. The molecular formula is C29H32N2O2Si. The number of nitrogens with zero attached hydrogens (tertiary/aromatic N) is 1. The number of rotatable bonds is 6. The predicted molar refractivity (Wildman–Crippen MR) is 144 cm³/mol. The summed E-state index contributed by atoms with van der Waals surface area (Å²) in [4.78, 5) is 13.5. The van der Waals surface area contributed by atoms with E-state index in [1.165, 1.54) is 10.4 Å². The summed E-state index contributed by atoms with van der Waals surface area (Å²) in [7, 11) is -2.73. The molecule has 4 nitrogen and oxygen atoms in total. The van der Waals surface area contributed by atoms with Gasteiger partial charge in [0.25, 0.3) is 13.9 Å². The van der Waals surface area contributed by atoms with E-state index in [4.69, 9.17) is 10.2 Å². The molecule has 0 bridgehead atoms.